The highest BCUT2D eigenvalue weighted by molar-refractivity contribution is 9.10. The van der Waals surface area contributed by atoms with Gasteiger partial charge in [-0.2, -0.15) is 10.1 Å². The summed E-state index contributed by atoms with van der Waals surface area (Å²) in [5, 5.41) is 11.3. The molecule has 0 spiro atoms. The Morgan fingerprint density at radius 3 is 2.85 bits per heavy atom. The standard InChI is InChI=1S/C15H14BrF2N7O/c16-11-4-6-25(22-11)13-3-5-19-15(21-13)20-10-7-24(8-12(17)18)23-14(10)26-9-1-2-9/h3-7,9,12H,1-2,8H2,(H,19,20,21). The molecule has 0 aromatic carbocycles. The molecule has 0 unspecified atom stereocenters. The summed E-state index contributed by atoms with van der Waals surface area (Å²) in [4.78, 5) is 8.53. The van der Waals surface area contributed by atoms with E-state index < -0.39 is 13.0 Å². The highest BCUT2D eigenvalue weighted by atomic mass is 79.9. The zero-order chi connectivity index (χ0) is 18.1. The predicted molar refractivity (Wildman–Crippen MR) is 92.0 cm³/mol. The van der Waals surface area contributed by atoms with Crippen molar-refractivity contribution in [3.8, 4) is 11.7 Å². The maximum absolute atomic E-state index is 12.6. The maximum Gasteiger partial charge on any atom is 0.257 e. The summed E-state index contributed by atoms with van der Waals surface area (Å²) in [5.74, 6) is 1.10. The molecule has 0 amide bonds. The molecule has 0 aliphatic heterocycles. The van der Waals surface area contributed by atoms with Crippen LogP contribution in [0.3, 0.4) is 0 Å². The average Bonchev–Trinajstić information content (AvgIpc) is 3.19. The Bertz CT molecular complexity index is 909. The summed E-state index contributed by atoms with van der Waals surface area (Å²) >= 11 is 3.28. The number of anilines is 2. The molecule has 4 rings (SSSR count). The monoisotopic (exact) mass is 425 g/mol. The normalized spacial score (nSPS) is 14.0. The third-order valence-corrected chi connectivity index (χ3v) is 3.96. The number of ether oxygens (including phenoxy) is 1. The van der Waals surface area contributed by atoms with Gasteiger partial charge in [0.15, 0.2) is 5.82 Å². The fourth-order valence-electron chi connectivity index (χ4n) is 2.24. The van der Waals surface area contributed by atoms with Crippen LogP contribution in [0.1, 0.15) is 12.8 Å². The van der Waals surface area contributed by atoms with Crippen molar-refractivity contribution < 1.29 is 13.5 Å². The Labute approximate surface area is 155 Å². The molecule has 8 nitrogen and oxygen atoms in total. The lowest BCUT2D eigenvalue weighted by Crippen LogP contribution is -2.07. The lowest BCUT2D eigenvalue weighted by Gasteiger charge is -2.07. The van der Waals surface area contributed by atoms with E-state index in [-0.39, 0.29) is 17.9 Å². The fourth-order valence-corrected chi connectivity index (χ4v) is 2.53. The molecule has 11 heteroatoms. The van der Waals surface area contributed by atoms with Crippen LogP contribution in [-0.2, 0) is 6.54 Å². The molecule has 136 valence electrons. The molecule has 1 aliphatic rings. The van der Waals surface area contributed by atoms with Crippen LogP contribution in [0.4, 0.5) is 20.4 Å². The van der Waals surface area contributed by atoms with Gasteiger partial charge in [-0.3, -0.25) is 4.68 Å². The van der Waals surface area contributed by atoms with Gasteiger partial charge < -0.3 is 10.1 Å². The van der Waals surface area contributed by atoms with E-state index in [1.165, 1.54) is 6.20 Å². The summed E-state index contributed by atoms with van der Waals surface area (Å²) in [6.45, 7) is -0.509. The van der Waals surface area contributed by atoms with E-state index in [1.807, 2.05) is 0 Å². The molecule has 1 aliphatic carbocycles. The maximum atomic E-state index is 12.6. The van der Waals surface area contributed by atoms with Crippen molar-refractivity contribution in [2.24, 2.45) is 0 Å². The molecule has 26 heavy (non-hydrogen) atoms. The minimum Gasteiger partial charge on any atom is -0.472 e. The van der Waals surface area contributed by atoms with E-state index >= 15 is 0 Å². The molecule has 1 fully saturated rings. The molecule has 0 atom stereocenters. The number of halogens is 3. The average molecular weight is 426 g/mol. The van der Waals surface area contributed by atoms with Crippen LogP contribution in [0.5, 0.6) is 5.88 Å². The molecular weight excluding hydrogens is 412 g/mol. The number of nitrogens with zero attached hydrogens (tertiary/aromatic N) is 6. The summed E-state index contributed by atoms with van der Waals surface area (Å²) in [6.07, 6.45) is 4.23. The van der Waals surface area contributed by atoms with E-state index in [2.05, 4.69) is 41.4 Å². The topological polar surface area (TPSA) is 82.7 Å². The Hall–Kier alpha value is -2.56. The molecule has 1 saturated carbocycles. The van der Waals surface area contributed by atoms with Crippen molar-refractivity contribution in [3.05, 3.63) is 35.3 Å². The minimum atomic E-state index is -2.51. The van der Waals surface area contributed by atoms with Crippen molar-refractivity contribution in [1.82, 2.24) is 29.5 Å². The van der Waals surface area contributed by atoms with E-state index in [9.17, 15) is 8.78 Å². The van der Waals surface area contributed by atoms with Crippen LogP contribution in [0.25, 0.3) is 5.82 Å². The minimum absolute atomic E-state index is 0.0825. The van der Waals surface area contributed by atoms with Crippen molar-refractivity contribution in [3.63, 3.8) is 0 Å². The Balaban J connectivity index is 1.58. The highest BCUT2D eigenvalue weighted by Gasteiger charge is 2.26. The van der Waals surface area contributed by atoms with E-state index in [0.717, 1.165) is 17.5 Å². The van der Waals surface area contributed by atoms with Crippen molar-refractivity contribution >= 4 is 27.6 Å². The smallest absolute Gasteiger partial charge is 0.257 e. The lowest BCUT2D eigenvalue weighted by atomic mass is 10.5. The first-order chi connectivity index (χ1) is 12.6. The van der Waals surface area contributed by atoms with E-state index in [4.69, 9.17) is 4.74 Å². The lowest BCUT2D eigenvalue weighted by molar-refractivity contribution is 0.121. The number of aromatic nitrogens is 6. The molecule has 0 bridgehead atoms. The Morgan fingerprint density at radius 2 is 2.15 bits per heavy atom. The number of alkyl halides is 2. The van der Waals surface area contributed by atoms with Crippen LogP contribution in [0.2, 0.25) is 0 Å². The second-order valence-electron chi connectivity index (χ2n) is 5.72. The van der Waals surface area contributed by atoms with Crippen LogP contribution >= 0.6 is 15.9 Å². The van der Waals surface area contributed by atoms with Gasteiger partial charge in [-0.15, -0.1) is 5.10 Å². The molecule has 0 saturated heterocycles. The third kappa shape index (κ3) is 3.98. The van der Waals surface area contributed by atoms with Gasteiger partial charge in [0.2, 0.25) is 5.95 Å². The van der Waals surface area contributed by atoms with Crippen LogP contribution in [-0.4, -0.2) is 42.1 Å². The van der Waals surface area contributed by atoms with Gasteiger partial charge in [-0.25, -0.2) is 18.4 Å². The van der Waals surface area contributed by atoms with Gasteiger partial charge >= 0.3 is 0 Å². The second kappa shape index (κ2) is 6.98. The number of hydrogen-bond acceptors (Lipinski definition) is 6. The number of hydrogen-bond donors (Lipinski definition) is 1. The zero-order valence-corrected chi connectivity index (χ0v) is 15.0. The number of rotatable bonds is 7. The number of nitrogens with one attached hydrogen (secondary N) is 1. The zero-order valence-electron chi connectivity index (χ0n) is 13.4. The first-order valence-electron chi connectivity index (χ1n) is 7.91. The summed E-state index contributed by atoms with van der Waals surface area (Å²) in [5.41, 5.74) is 0.441. The van der Waals surface area contributed by atoms with Crippen molar-refractivity contribution in [1.29, 1.82) is 0 Å². The van der Waals surface area contributed by atoms with Crippen molar-refractivity contribution in [2.45, 2.75) is 31.9 Å². The first-order valence-corrected chi connectivity index (χ1v) is 8.70. The highest BCUT2D eigenvalue weighted by Crippen LogP contribution is 2.32. The van der Waals surface area contributed by atoms with Crippen molar-refractivity contribution in [2.75, 3.05) is 5.32 Å². The van der Waals surface area contributed by atoms with Gasteiger partial charge in [-0.05, 0) is 34.8 Å². The predicted octanol–water partition coefficient (Wildman–Crippen LogP) is 3.17. The Morgan fingerprint density at radius 1 is 1.31 bits per heavy atom. The third-order valence-electron chi connectivity index (χ3n) is 3.53. The van der Waals surface area contributed by atoms with E-state index in [0.29, 0.717) is 16.1 Å². The van der Waals surface area contributed by atoms with Crippen LogP contribution in [0.15, 0.2) is 35.3 Å². The van der Waals surface area contributed by atoms with Gasteiger partial charge in [-0.1, -0.05) is 0 Å². The molecule has 3 heterocycles. The Kier molecular flexibility index (Phi) is 4.53. The van der Waals surface area contributed by atoms with Gasteiger partial charge in [0.1, 0.15) is 22.9 Å². The first kappa shape index (κ1) is 16.9. The molecule has 1 N–H and O–H groups in total. The van der Waals surface area contributed by atoms with Gasteiger partial charge in [0.25, 0.3) is 12.3 Å². The van der Waals surface area contributed by atoms with Gasteiger partial charge in [0, 0.05) is 18.5 Å². The molecule has 3 aromatic heterocycles. The fraction of sp³-hybridized carbons (Fsp3) is 0.333. The molecule has 3 aromatic rings. The van der Waals surface area contributed by atoms with E-state index in [1.54, 1.807) is 29.2 Å². The SMILES string of the molecule is FC(F)Cn1cc(Nc2nccc(-n3ccc(Br)n3)n2)c(OC2CC2)n1. The molecular formula is C15H14BrF2N7O. The largest absolute Gasteiger partial charge is 0.472 e. The van der Waals surface area contributed by atoms with Crippen LogP contribution in [0, 0.1) is 0 Å². The summed E-state index contributed by atoms with van der Waals surface area (Å²) in [6, 6.07) is 3.48. The quantitative estimate of drug-likeness (QED) is 0.625. The summed E-state index contributed by atoms with van der Waals surface area (Å²) in [7, 11) is 0. The van der Waals surface area contributed by atoms with Gasteiger partial charge in [0.05, 0.1) is 6.20 Å². The van der Waals surface area contributed by atoms with Crippen LogP contribution < -0.4 is 10.1 Å². The second-order valence-corrected chi connectivity index (χ2v) is 6.54. The summed E-state index contributed by atoms with van der Waals surface area (Å²) < 4.78 is 34.4. The molecule has 0 radical (unpaired) electrons.